The standard InChI is InChI=1S/C8H11BrClNO4/c1-2-14-8(13)7(6(12)5-10)11-15-4-3-9/h2-5H2,1H3/b11-7-. The molecule has 0 atom stereocenters. The van der Waals surface area contributed by atoms with Crippen LogP contribution in [-0.4, -0.2) is 41.9 Å². The van der Waals surface area contributed by atoms with Crippen molar-refractivity contribution in [1.29, 1.82) is 0 Å². The molecule has 0 saturated carbocycles. The maximum Gasteiger partial charge on any atom is 0.364 e. The predicted octanol–water partition coefficient (Wildman–Crippen LogP) is 1.12. The topological polar surface area (TPSA) is 65.0 Å². The molecule has 0 aromatic rings. The summed E-state index contributed by atoms with van der Waals surface area (Å²) in [5.41, 5.74) is -0.409. The summed E-state index contributed by atoms with van der Waals surface area (Å²) in [4.78, 5) is 27.1. The van der Waals surface area contributed by atoms with Gasteiger partial charge in [-0.15, -0.1) is 11.6 Å². The van der Waals surface area contributed by atoms with Gasteiger partial charge < -0.3 is 9.57 Å². The van der Waals surface area contributed by atoms with Crippen LogP contribution in [-0.2, 0) is 19.2 Å². The number of rotatable bonds is 7. The molecule has 5 nitrogen and oxygen atoms in total. The number of carbonyl (C=O) groups is 2. The molecule has 0 aliphatic heterocycles. The highest BCUT2D eigenvalue weighted by Crippen LogP contribution is 1.93. The summed E-state index contributed by atoms with van der Waals surface area (Å²) in [7, 11) is 0. The summed E-state index contributed by atoms with van der Waals surface area (Å²) in [6, 6.07) is 0. The minimum atomic E-state index is -0.822. The lowest BCUT2D eigenvalue weighted by Gasteiger charge is -2.02. The Morgan fingerprint density at radius 3 is 2.60 bits per heavy atom. The smallest absolute Gasteiger partial charge is 0.364 e. The number of carbonyl (C=O) groups excluding carboxylic acids is 2. The molecule has 0 aliphatic rings. The Labute approximate surface area is 101 Å². The Kier molecular flexibility index (Phi) is 8.31. The molecule has 0 aliphatic carbocycles. The van der Waals surface area contributed by atoms with Crippen LogP contribution < -0.4 is 0 Å². The molecule has 0 aromatic heterocycles. The third-order valence-corrected chi connectivity index (χ3v) is 1.75. The molecular weight excluding hydrogens is 289 g/mol. The van der Waals surface area contributed by atoms with Crippen LogP contribution >= 0.6 is 27.5 Å². The van der Waals surface area contributed by atoms with Gasteiger partial charge in [0, 0.05) is 5.33 Å². The van der Waals surface area contributed by atoms with Crippen LogP contribution in [0.3, 0.4) is 0 Å². The molecule has 0 amide bonds. The number of ketones is 1. The molecular formula is C8H11BrClNO4. The van der Waals surface area contributed by atoms with Crippen molar-refractivity contribution >= 4 is 45.0 Å². The molecule has 0 rings (SSSR count). The molecule has 15 heavy (non-hydrogen) atoms. The first-order chi connectivity index (χ1) is 7.17. The number of hydrogen-bond donors (Lipinski definition) is 0. The summed E-state index contributed by atoms with van der Waals surface area (Å²) in [6.07, 6.45) is 0. The molecule has 0 spiro atoms. The van der Waals surface area contributed by atoms with Gasteiger partial charge in [0.15, 0.2) is 0 Å². The monoisotopic (exact) mass is 299 g/mol. The SMILES string of the molecule is CCOC(=O)/C(=N\OCCBr)C(=O)CCl. The van der Waals surface area contributed by atoms with Crippen molar-refractivity contribution in [3.63, 3.8) is 0 Å². The van der Waals surface area contributed by atoms with E-state index in [0.717, 1.165) is 0 Å². The van der Waals surface area contributed by atoms with Gasteiger partial charge >= 0.3 is 5.97 Å². The zero-order chi connectivity index (χ0) is 11.7. The number of esters is 1. The third kappa shape index (κ3) is 5.74. The van der Waals surface area contributed by atoms with E-state index in [4.69, 9.17) is 16.4 Å². The van der Waals surface area contributed by atoms with E-state index in [1.165, 1.54) is 0 Å². The van der Waals surface area contributed by atoms with Gasteiger partial charge in [0.05, 0.1) is 12.5 Å². The lowest BCUT2D eigenvalue weighted by molar-refractivity contribution is -0.135. The van der Waals surface area contributed by atoms with Crippen molar-refractivity contribution in [2.24, 2.45) is 5.16 Å². The molecule has 0 heterocycles. The number of alkyl halides is 2. The third-order valence-electron chi connectivity index (χ3n) is 1.18. The molecule has 86 valence electrons. The average molecular weight is 301 g/mol. The van der Waals surface area contributed by atoms with Gasteiger partial charge in [0.2, 0.25) is 11.5 Å². The molecule has 7 heteroatoms. The Morgan fingerprint density at radius 2 is 2.13 bits per heavy atom. The van der Waals surface area contributed by atoms with E-state index < -0.39 is 17.5 Å². The quantitative estimate of drug-likeness (QED) is 0.176. The highest BCUT2D eigenvalue weighted by Gasteiger charge is 2.21. The fourth-order valence-corrected chi connectivity index (χ4v) is 0.881. The Hall–Kier alpha value is -0.620. The summed E-state index contributed by atoms with van der Waals surface area (Å²) < 4.78 is 4.62. The molecule has 0 saturated heterocycles. The maximum atomic E-state index is 11.2. The van der Waals surface area contributed by atoms with Crippen molar-refractivity contribution < 1.29 is 19.2 Å². The second kappa shape index (κ2) is 8.67. The second-order valence-electron chi connectivity index (χ2n) is 2.24. The largest absolute Gasteiger partial charge is 0.461 e. The van der Waals surface area contributed by atoms with Crippen molar-refractivity contribution in [3.05, 3.63) is 0 Å². The average Bonchev–Trinajstić information content (AvgIpc) is 2.23. The van der Waals surface area contributed by atoms with Crippen LogP contribution in [0.2, 0.25) is 0 Å². The van der Waals surface area contributed by atoms with E-state index in [0.29, 0.717) is 5.33 Å². The van der Waals surface area contributed by atoms with Crippen LogP contribution in [0.5, 0.6) is 0 Å². The van der Waals surface area contributed by atoms with Crippen LogP contribution in [0.25, 0.3) is 0 Å². The molecule has 0 fully saturated rings. The second-order valence-corrected chi connectivity index (χ2v) is 3.30. The number of nitrogens with zero attached hydrogens (tertiary/aromatic N) is 1. The van der Waals surface area contributed by atoms with Gasteiger partial charge in [-0.3, -0.25) is 4.79 Å². The highest BCUT2D eigenvalue weighted by atomic mass is 79.9. The van der Waals surface area contributed by atoms with Crippen molar-refractivity contribution in [2.75, 3.05) is 24.4 Å². The number of ether oxygens (including phenoxy) is 1. The number of hydrogen-bond acceptors (Lipinski definition) is 5. The number of halogens is 2. The molecule has 0 aromatic carbocycles. The summed E-state index contributed by atoms with van der Waals surface area (Å²) in [5.74, 6) is -1.78. The normalized spacial score (nSPS) is 11.0. The molecule has 0 N–H and O–H groups in total. The molecule has 0 bridgehead atoms. The maximum absolute atomic E-state index is 11.2. The van der Waals surface area contributed by atoms with E-state index in [-0.39, 0.29) is 19.1 Å². The van der Waals surface area contributed by atoms with Gasteiger partial charge in [-0.05, 0) is 6.92 Å². The van der Waals surface area contributed by atoms with Gasteiger partial charge in [-0.25, -0.2) is 4.79 Å². The first kappa shape index (κ1) is 14.4. The van der Waals surface area contributed by atoms with Crippen molar-refractivity contribution in [1.82, 2.24) is 0 Å². The minimum Gasteiger partial charge on any atom is -0.461 e. The Bertz CT molecular complexity index is 257. The fraction of sp³-hybridized carbons (Fsp3) is 0.625. The number of Topliss-reactive ketones (excluding diaryl/α,β-unsaturated/α-hetero) is 1. The molecule has 0 radical (unpaired) electrons. The van der Waals surface area contributed by atoms with E-state index in [1.54, 1.807) is 6.92 Å². The Morgan fingerprint density at radius 1 is 1.47 bits per heavy atom. The predicted molar refractivity (Wildman–Crippen MR) is 59.5 cm³/mol. The zero-order valence-electron chi connectivity index (χ0n) is 8.16. The first-order valence-electron chi connectivity index (χ1n) is 4.19. The zero-order valence-corrected chi connectivity index (χ0v) is 10.5. The lowest BCUT2D eigenvalue weighted by atomic mass is 10.3. The van der Waals surface area contributed by atoms with Crippen LogP contribution in [0.4, 0.5) is 0 Å². The van der Waals surface area contributed by atoms with Crippen LogP contribution in [0.1, 0.15) is 6.92 Å². The van der Waals surface area contributed by atoms with Gasteiger partial charge in [0.25, 0.3) is 0 Å². The van der Waals surface area contributed by atoms with E-state index in [2.05, 4.69) is 25.8 Å². The summed E-state index contributed by atoms with van der Waals surface area (Å²) in [6.45, 7) is 2.03. The van der Waals surface area contributed by atoms with Crippen molar-refractivity contribution in [2.45, 2.75) is 6.92 Å². The van der Waals surface area contributed by atoms with E-state index >= 15 is 0 Å². The number of oxime groups is 1. The summed E-state index contributed by atoms with van der Waals surface area (Å²) >= 11 is 8.40. The van der Waals surface area contributed by atoms with Gasteiger partial charge in [-0.2, -0.15) is 0 Å². The van der Waals surface area contributed by atoms with Gasteiger partial charge in [0.1, 0.15) is 6.61 Å². The molecule has 0 unspecified atom stereocenters. The highest BCUT2D eigenvalue weighted by molar-refractivity contribution is 9.09. The first-order valence-corrected chi connectivity index (χ1v) is 5.85. The van der Waals surface area contributed by atoms with Crippen LogP contribution in [0.15, 0.2) is 5.16 Å². The van der Waals surface area contributed by atoms with E-state index in [1.807, 2.05) is 0 Å². The van der Waals surface area contributed by atoms with E-state index in [9.17, 15) is 9.59 Å². The summed E-state index contributed by atoms with van der Waals surface area (Å²) in [5, 5.41) is 3.92. The van der Waals surface area contributed by atoms with Crippen LogP contribution in [0, 0.1) is 0 Å². The Balaban J connectivity index is 4.49. The minimum absolute atomic E-state index is 0.159. The lowest BCUT2D eigenvalue weighted by Crippen LogP contribution is -2.27. The fourth-order valence-electron chi connectivity index (χ4n) is 0.609. The van der Waals surface area contributed by atoms with Gasteiger partial charge in [-0.1, -0.05) is 21.1 Å². The van der Waals surface area contributed by atoms with Crippen molar-refractivity contribution in [3.8, 4) is 0 Å².